The average molecular weight is 405 g/mol. The first-order valence-electron chi connectivity index (χ1n) is 9.59. The molecule has 5 N–H and O–H groups in total. The van der Waals surface area contributed by atoms with E-state index in [0.717, 1.165) is 18.6 Å². The summed E-state index contributed by atoms with van der Waals surface area (Å²) in [6, 6.07) is 0.0759. The number of hydrogen-bond acceptors (Lipinski definition) is 7. The Balaban J connectivity index is 1.36. The Kier molecular flexibility index (Phi) is 10.8. The van der Waals surface area contributed by atoms with Gasteiger partial charge in [-0.25, -0.2) is 4.79 Å². The Labute approximate surface area is 164 Å². The summed E-state index contributed by atoms with van der Waals surface area (Å²) in [5.41, 5.74) is 5.37. The minimum Gasteiger partial charge on any atom is -0.379 e. The first kappa shape index (κ1) is 22.2. The van der Waals surface area contributed by atoms with Crippen LogP contribution in [0.4, 0.5) is 4.79 Å². The normalized spacial score (nSPS) is 23.7. The minimum atomic E-state index is -0.129. The lowest BCUT2D eigenvalue weighted by molar-refractivity contribution is -0.121. The molecule has 3 atom stereocenters. The third-order valence-corrected chi connectivity index (χ3v) is 5.79. The summed E-state index contributed by atoms with van der Waals surface area (Å²) in [4.78, 5) is 23.4. The van der Waals surface area contributed by atoms with Gasteiger partial charge in [-0.05, 0) is 19.4 Å². The molecule has 10 heteroatoms. The summed E-state index contributed by atoms with van der Waals surface area (Å²) in [5, 5.41) is 8.82. The summed E-state index contributed by atoms with van der Waals surface area (Å²) in [5.74, 6) is 0.879. The van der Waals surface area contributed by atoms with E-state index in [4.69, 9.17) is 19.9 Å². The lowest BCUT2D eigenvalue weighted by Crippen LogP contribution is -2.39. The predicted molar refractivity (Wildman–Crippen MR) is 104 cm³/mol. The van der Waals surface area contributed by atoms with Crippen LogP contribution >= 0.6 is 11.8 Å². The predicted octanol–water partition coefficient (Wildman–Crippen LogP) is -0.553. The number of ether oxygens (including phenoxy) is 3. The molecular weight excluding hydrogens is 372 g/mol. The Morgan fingerprint density at radius 1 is 1.07 bits per heavy atom. The molecule has 0 spiro atoms. The zero-order valence-electron chi connectivity index (χ0n) is 15.7. The van der Waals surface area contributed by atoms with Crippen molar-refractivity contribution in [2.45, 2.75) is 36.6 Å². The van der Waals surface area contributed by atoms with Crippen LogP contribution in [-0.2, 0) is 19.0 Å². The molecule has 0 bridgehead atoms. The highest BCUT2D eigenvalue weighted by molar-refractivity contribution is 8.00. The van der Waals surface area contributed by atoms with Gasteiger partial charge in [-0.3, -0.25) is 4.79 Å². The number of carbonyl (C=O) groups is 2. The maximum absolute atomic E-state index is 12.0. The first-order chi connectivity index (χ1) is 13.2. The Bertz CT molecular complexity index is 457. The summed E-state index contributed by atoms with van der Waals surface area (Å²) in [6.07, 6.45) is 2.06. The molecule has 156 valence electrons. The van der Waals surface area contributed by atoms with E-state index < -0.39 is 0 Å². The van der Waals surface area contributed by atoms with Gasteiger partial charge < -0.3 is 35.9 Å². The van der Waals surface area contributed by atoms with Crippen LogP contribution in [0.5, 0.6) is 0 Å². The second-order valence-electron chi connectivity index (χ2n) is 6.51. The molecule has 0 aromatic heterocycles. The van der Waals surface area contributed by atoms with Crippen LogP contribution in [0.3, 0.4) is 0 Å². The van der Waals surface area contributed by atoms with Crippen molar-refractivity contribution in [1.29, 1.82) is 0 Å². The van der Waals surface area contributed by atoms with Crippen molar-refractivity contribution in [3.63, 3.8) is 0 Å². The number of amides is 3. The molecule has 2 aliphatic heterocycles. The molecule has 2 fully saturated rings. The van der Waals surface area contributed by atoms with Crippen molar-refractivity contribution in [3.8, 4) is 0 Å². The van der Waals surface area contributed by atoms with Gasteiger partial charge in [0.15, 0.2) is 0 Å². The van der Waals surface area contributed by atoms with E-state index in [1.807, 2.05) is 0 Å². The van der Waals surface area contributed by atoms with Gasteiger partial charge in [0.2, 0.25) is 5.91 Å². The number of nitrogens with two attached hydrogens (primary N) is 1. The van der Waals surface area contributed by atoms with Crippen molar-refractivity contribution < 1.29 is 23.8 Å². The lowest BCUT2D eigenvalue weighted by atomic mass is 10.1. The third kappa shape index (κ3) is 8.65. The second-order valence-corrected chi connectivity index (χ2v) is 7.78. The van der Waals surface area contributed by atoms with Gasteiger partial charge in [0.1, 0.15) is 0 Å². The number of hydrogen-bond donors (Lipinski definition) is 4. The zero-order valence-corrected chi connectivity index (χ0v) is 16.6. The molecule has 3 amide bonds. The van der Waals surface area contributed by atoms with Crippen LogP contribution in [0.15, 0.2) is 0 Å². The lowest BCUT2D eigenvalue weighted by Gasteiger charge is -2.16. The van der Waals surface area contributed by atoms with Crippen LogP contribution < -0.4 is 21.7 Å². The van der Waals surface area contributed by atoms with Gasteiger partial charge in [-0.15, -0.1) is 0 Å². The molecule has 9 nitrogen and oxygen atoms in total. The van der Waals surface area contributed by atoms with E-state index >= 15 is 0 Å². The molecule has 2 heterocycles. The Morgan fingerprint density at radius 3 is 2.44 bits per heavy atom. The Hall–Kier alpha value is -1.07. The van der Waals surface area contributed by atoms with E-state index in [9.17, 15) is 9.59 Å². The fourth-order valence-electron chi connectivity index (χ4n) is 2.95. The number of urea groups is 1. The van der Waals surface area contributed by atoms with Gasteiger partial charge in [0.05, 0.1) is 38.5 Å². The highest BCUT2D eigenvalue weighted by Gasteiger charge is 2.43. The van der Waals surface area contributed by atoms with Crippen molar-refractivity contribution in [1.82, 2.24) is 16.0 Å². The maximum Gasteiger partial charge on any atom is 0.315 e. The number of carbonyl (C=O) groups excluding carboxylic acids is 2. The molecule has 0 aromatic rings. The smallest absolute Gasteiger partial charge is 0.315 e. The summed E-state index contributed by atoms with van der Waals surface area (Å²) in [6.45, 7) is 4.69. The van der Waals surface area contributed by atoms with Crippen LogP contribution in [-0.4, -0.2) is 87.8 Å². The highest BCUT2D eigenvalue weighted by Crippen LogP contribution is 2.31. The minimum absolute atomic E-state index is 0.0206. The fourth-order valence-corrected chi connectivity index (χ4v) is 4.43. The van der Waals surface area contributed by atoms with Gasteiger partial charge >= 0.3 is 6.03 Å². The van der Waals surface area contributed by atoms with Crippen molar-refractivity contribution in [2.24, 2.45) is 5.73 Å². The molecule has 0 saturated carbocycles. The standard InChI is InChI=1S/C17H32N4O5S/c18-3-1-5-24-7-9-26-10-8-25-6-2-4-19-15(22)11-14-16-13(12-27-14)20-17(23)21-16/h13-14,16H,1-12,18H2,(H,19,22)(H2,20,21,23)/t13?,14-,16?/m0/s1. The Morgan fingerprint density at radius 2 is 1.74 bits per heavy atom. The van der Waals surface area contributed by atoms with Gasteiger partial charge in [0.25, 0.3) is 0 Å². The summed E-state index contributed by atoms with van der Waals surface area (Å²) < 4.78 is 16.2. The monoisotopic (exact) mass is 404 g/mol. The van der Waals surface area contributed by atoms with Crippen LogP contribution in [0.1, 0.15) is 19.3 Å². The van der Waals surface area contributed by atoms with Crippen molar-refractivity contribution in [2.75, 3.05) is 58.5 Å². The summed E-state index contributed by atoms with van der Waals surface area (Å²) >= 11 is 1.74. The number of fused-ring (bicyclic) bond motifs is 1. The van der Waals surface area contributed by atoms with E-state index in [2.05, 4.69) is 16.0 Å². The zero-order chi connectivity index (χ0) is 19.3. The van der Waals surface area contributed by atoms with E-state index in [-0.39, 0.29) is 29.3 Å². The topological polar surface area (TPSA) is 124 Å². The molecule has 2 unspecified atom stereocenters. The van der Waals surface area contributed by atoms with Gasteiger partial charge in [-0.2, -0.15) is 11.8 Å². The molecular formula is C17H32N4O5S. The second kappa shape index (κ2) is 13.2. The molecule has 2 aliphatic rings. The molecule has 2 rings (SSSR count). The van der Waals surface area contributed by atoms with Crippen molar-refractivity contribution >= 4 is 23.7 Å². The third-order valence-electron chi connectivity index (χ3n) is 4.35. The van der Waals surface area contributed by atoms with Gasteiger partial charge in [-0.1, -0.05) is 0 Å². The molecule has 0 aliphatic carbocycles. The largest absolute Gasteiger partial charge is 0.379 e. The quantitative estimate of drug-likeness (QED) is 0.213. The van der Waals surface area contributed by atoms with E-state index in [1.165, 1.54) is 0 Å². The molecule has 2 saturated heterocycles. The first-order valence-corrected chi connectivity index (χ1v) is 10.6. The SMILES string of the molecule is NCCCOCCOCCOCCCNC(=O)C[C@@H]1SCC2NC(=O)NC21. The number of rotatable bonds is 15. The van der Waals surface area contributed by atoms with Crippen LogP contribution in [0.2, 0.25) is 0 Å². The number of nitrogens with one attached hydrogen (secondary N) is 3. The van der Waals surface area contributed by atoms with E-state index in [1.54, 1.807) is 11.8 Å². The summed E-state index contributed by atoms with van der Waals surface area (Å²) in [7, 11) is 0. The molecule has 0 aromatic carbocycles. The molecule has 0 radical (unpaired) electrons. The van der Waals surface area contributed by atoms with Crippen molar-refractivity contribution in [3.05, 3.63) is 0 Å². The van der Waals surface area contributed by atoms with Crippen LogP contribution in [0, 0.1) is 0 Å². The average Bonchev–Trinajstić information content (AvgIpc) is 3.19. The molecule has 27 heavy (non-hydrogen) atoms. The maximum atomic E-state index is 12.0. The van der Waals surface area contributed by atoms with Crippen LogP contribution in [0.25, 0.3) is 0 Å². The number of thioether (sulfide) groups is 1. The van der Waals surface area contributed by atoms with E-state index in [0.29, 0.717) is 59.2 Å². The fraction of sp³-hybridized carbons (Fsp3) is 0.882. The highest BCUT2D eigenvalue weighted by atomic mass is 32.2. The van der Waals surface area contributed by atoms with Gasteiger partial charge in [0, 0.05) is 37.2 Å².